The minimum absolute atomic E-state index is 0.332. The van der Waals surface area contributed by atoms with Crippen molar-refractivity contribution in [3.63, 3.8) is 0 Å². The third kappa shape index (κ3) is 2.18. The van der Waals surface area contributed by atoms with Gasteiger partial charge in [-0.05, 0) is 48.4 Å². The first kappa shape index (κ1) is 13.4. The normalized spacial score (nSPS) is 20.2. The highest BCUT2D eigenvalue weighted by atomic mass is 32.1. The Balaban J connectivity index is 1.66. The van der Waals surface area contributed by atoms with Crippen molar-refractivity contribution >= 4 is 27.5 Å². The summed E-state index contributed by atoms with van der Waals surface area (Å²) in [7, 11) is 0. The molecular weight excluding hydrogens is 296 g/mol. The number of carboxylic acids is 1. The monoisotopic (exact) mass is 310 g/mol. The lowest BCUT2D eigenvalue weighted by molar-refractivity contribution is 0.0697. The lowest BCUT2D eigenvalue weighted by Gasteiger charge is -2.04. The van der Waals surface area contributed by atoms with E-state index in [1.807, 2.05) is 19.1 Å². The molecule has 0 aliphatic heterocycles. The fraction of sp³-hybridized carbons (Fsp3) is 0.235. The Kier molecular flexibility index (Phi) is 2.97. The minimum Gasteiger partial charge on any atom is -0.478 e. The molecule has 0 saturated heterocycles. The van der Waals surface area contributed by atoms with Crippen molar-refractivity contribution in [1.82, 2.24) is 9.97 Å². The number of thiophene rings is 1. The third-order valence-corrected chi connectivity index (χ3v) is 5.00. The molecule has 2 aromatic heterocycles. The molecule has 1 saturated carbocycles. The molecule has 1 fully saturated rings. The van der Waals surface area contributed by atoms with Crippen molar-refractivity contribution in [2.24, 2.45) is 0 Å². The molecule has 0 spiro atoms. The maximum Gasteiger partial charge on any atom is 0.335 e. The summed E-state index contributed by atoms with van der Waals surface area (Å²) in [6.45, 7) is 1.93. The highest BCUT2D eigenvalue weighted by molar-refractivity contribution is 7.16. The van der Waals surface area contributed by atoms with Crippen LogP contribution in [0.3, 0.4) is 0 Å². The smallest absolute Gasteiger partial charge is 0.335 e. The number of aromatic nitrogens is 2. The first-order valence-corrected chi connectivity index (χ1v) is 8.06. The molecule has 0 radical (unpaired) electrons. The second-order valence-corrected chi connectivity index (χ2v) is 6.57. The number of hydrogen-bond donors (Lipinski definition) is 1. The molecule has 0 bridgehead atoms. The number of rotatable bonds is 3. The van der Waals surface area contributed by atoms with Crippen molar-refractivity contribution in [2.75, 3.05) is 0 Å². The summed E-state index contributed by atoms with van der Waals surface area (Å²) in [6.07, 6.45) is 1.06. The van der Waals surface area contributed by atoms with E-state index in [0.29, 0.717) is 17.4 Å². The van der Waals surface area contributed by atoms with Crippen LogP contribution in [0.1, 0.15) is 45.7 Å². The van der Waals surface area contributed by atoms with Gasteiger partial charge in [-0.3, -0.25) is 0 Å². The molecule has 1 N–H and O–H groups in total. The van der Waals surface area contributed by atoms with Crippen molar-refractivity contribution in [2.45, 2.75) is 25.2 Å². The molecule has 22 heavy (non-hydrogen) atoms. The molecule has 2 heterocycles. The van der Waals surface area contributed by atoms with E-state index in [0.717, 1.165) is 28.2 Å². The molecule has 1 aromatic carbocycles. The quantitative estimate of drug-likeness (QED) is 0.795. The standard InChI is InChI=1S/C17H14N2O2S/c1-9-18-15(12-6-7-22-16(12)19-9)14-8-13(14)10-2-4-11(5-3-10)17(20)21/h2-7,13-14H,8H2,1H3,(H,20,21). The highest BCUT2D eigenvalue weighted by Gasteiger charge is 2.41. The summed E-state index contributed by atoms with van der Waals surface area (Å²) in [5.74, 6) is 0.775. The summed E-state index contributed by atoms with van der Waals surface area (Å²) in [5.41, 5.74) is 2.66. The van der Waals surface area contributed by atoms with Gasteiger partial charge in [0.1, 0.15) is 10.7 Å². The SMILES string of the molecule is Cc1nc(C2CC2c2ccc(C(=O)O)cc2)c2ccsc2n1. The van der Waals surface area contributed by atoms with E-state index in [1.54, 1.807) is 23.5 Å². The summed E-state index contributed by atoms with van der Waals surface area (Å²) in [5, 5.41) is 12.2. The van der Waals surface area contributed by atoms with Gasteiger partial charge in [0.05, 0.1) is 11.3 Å². The molecule has 2 unspecified atom stereocenters. The number of aromatic carboxylic acids is 1. The van der Waals surface area contributed by atoms with Gasteiger partial charge in [-0.2, -0.15) is 0 Å². The van der Waals surface area contributed by atoms with Gasteiger partial charge in [0.25, 0.3) is 0 Å². The van der Waals surface area contributed by atoms with Crippen molar-refractivity contribution in [3.8, 4) is 0 Å². The van der Waals surface area contributed by atoms with Gasteiger partial charge >= 0.3 is 5.97 Å². The fourth-order valence-electron chi connectivity index (χ4n) is 3.01. The average Bonchev–Trinajstić information content (AvgIpc) is 3.17. The topological polar surface area (TPSA) is 63.1 Å². The van der Waals surface area contributed by atoms with E-state index in [9.17, 15) is 4.79 Å². The van der Waals surface area contributed by atoms with E-state index >= 15 is 0 Å². The third-order valence-electron chi connectivity index (χ3n) is 4.19. The van der Waals surface area contributed by atoms with E-state index in [4.69, 9.17) is 5.11 Å². The summed E-state index contributed by atoms with van der Waals surface area (Å²) < 4.78 is 0. The van der Waals surface area contributed by atoms with Gasteiger partial charge in [0.15, 0.2) is 0 Å². The molecule has 4 nitrogen and oxygen atoms in total. The van der Waals surface area contributed by atoms with Gasteiger partial charge < -0.3 is 5.11 Å². The molecule has 0 amide bonds. The Morgan fingerprint density at radius 2 is 1.95 bits per heavy atom. The van der Waals surface area contributed by atoms with Crippen molar-refractivity contribution < 1.29 is 9.90 Å². The zero-order valence-corrected chi connectivity index (χ0v) is 12.8. The largest absolute Gasteiger partial charge is 0.478 e. The van der Waals surface area contributed by atoms with Crippen LogP contribution in [0.4, 0.5) is 0 Å². The second kappa shape index (κ2) is 4.88. The first-order valence-electron chi connectivity index (χ1n) is 7.18. The molecule has 5 heteroatoms. The van der Waals surface area contributed by atoms with Gasteiger partial charge in [-0.25, -0.2) is 14.8 Å². The molecule has 110 valence electrons. The Bertz CT molecular complexity index is 870. The Morgan fingerprint density at radius 3 is 2.68 bits per heavy atom. The van der Waals surface area contributed by atoms with Crippen LogP contribution in [-0.4, -0.2) is 21.0 Å². The Labute approximate surface area is 131 Å². The predicted molar refractivity (Wildman–Crippen MR) is 85.7 cm³/mol. The van der Waals surface area contributed by atoms with Crippen LogP contribution in [0.2, 0.25) is 0 Å². The lowest BCUT2D eigenvalue weighted by atomic mass is 10.0. The van der Waals surface area contributed by atoms with Crippen LogP contribution >= 0.6 is 11.3 Å². The summed E-state index contributed by atoms with van der Waals surface area (Å²) in [6, 6.07) is 9.30. The van der Waals surface area contributed by atoms with E-state index in [1.165, 1.54) is 5.56 Å². The minimum atomic E-state index is -0.884. The fourth-order valence-corrected chi connectivity index (χ4v) is 3.83. The van der Waals surface area contributed by atoms with Gasteiger partial charge in [0, 0.05) is 11.3 Å². The number of nitrogens with zero attached hydrogens (tertiary/aromatic N) is 2. The molecule has 4 rings (SSSR count). The Hall–Kier alpha value is -2.27. The van der Waals surface area contributed by atoms with Crippen molar-refractivity contribution in [3.05, 3.63) is 58.4 Å². The molecular formula is C17H14N2O2S. The number of hydrogen-bond acceptors (Lipinski definition) is 4. The van der Waals surface area contributed by atoms with Gasteiger partial charge in [-0.1, -0.05) is 12.1 Å². The second-order valence-electron chi connectivity index (χ2n) is 5.67. The average molecular weight is 310 g/mol. The van der Waals surface area contributed by atoms with E-state index in [-0.39, 0.29) is 0 Å². The maximum absolute atomic E-state index is 10.9. The molecule has 3 aromatic rings. The number of fused-ring (bicyclic) bond motifs is 1. The number of carboxylic acid groups (broad SMARTS) is 1. The van der Waals surface area contributed by atoms with E-state index < -0.39 is 5.97 Å². The highest BCUT2D eigenvalue weighted by Crippen LogP contribution is 2.55. The zero-order chi connectivity index (χ0) is 15.3. The van der Waals surface area contributed by atoms with Crippen LogP contribution in [0.15, 0.2) is 35.7 Å². The number of aryl methyl sites for hydroxylation is 1. The van der Waals surface area contributed by atoms with Crippen LogP contribution in [0.25, 0.3) is 10.2 Å². The summed E-state index contributed by atoms with van der Waals surface area (Å²) >= 11 is 1.65. The van der Waals surface area contributed by atoms with Gasteiger partial charge in [0.2, 0.25) is 0 Å². The van der Waals surface area contributed by atoms with Crippen LogP contribution in [0.5, 0.6) is 0 Å². The number of benzene rings is 1. The van der Waals surface area contributed by atoms with Crippen molar-refractivity contribution in [1.29, 1.82) is 0 Å². The van der Waals surface area contributed by atoms with Gasteiger partial charge in [-0.15, -0.1) is 11.3 Å². The molecule has 1 aliphatic rings. The first-order chi connectivity index (χ1) is 10.6. The summed E-state index contributed by atoms with van der Waals surface area (Å²) in [4.78, 5) is 21.1. The molecule has 2 atom stereocenters. The molecule has 1 aliphatic carbocycles. The maximum atomic E-state index is 10.9. The van der Waals surface area contributed by atoms with Crippen LogP contribution in [0, 0.1) is 6.92 Å². The van der Waals surface area contributed by atoms with Crippen LogP contribution < -0.4 is 0 Å². The Morgan fingerprint density at radius 1 is 1.18 bits per heavy atom. The zero-order valence-electron chi connectivity index (χ0n) is 12.0. The van der Waals surface area contributed by atoms with Crippen LogP contribution in [-0.2, 0) is 0 Å². The number of carbonyl (C=O) groups is 1. The lowest BCUT2D eigenvalue weighted by Crippen LogP contribution is -1.97. The predicted octanol–water partition coefficient (Wildman–Crippen LogP) is 3.97. The van der Waals surface area contributed by atoms with E-state index in [2.05, 4.69) is 21.4 Å².